The molecular weight excluding hydrogens is 380 g/mol. The Morgan fingerprint density at radius 1 is 1.00 bits per heavy atom. The Morgan fingerprint density at radius 2 is 1.77 bits per heavy atom. The van der Waals surface area contributed by atoms with E-state index in [4.69, 9.17) is 4.52 Å². The van der Waals surface area contributed by atoms with E-state index in [1.165, 1.54) is 38.5 Å². The van der Waals surface area contributed by atoms with Crippen LogP contribution in [-0.2, 0) is 4.79 Å². The highest BCUT2D eigenvalue weighted by atomic mass is 16.5. The summed E-state index contributed by atoms with van der Waals surface area (Å²) >= 11 is 0. The number of carbonyl (C=O) groups excluding carboxylic acids is 1. The first-order valence-corrected chi connectivity index (χ1v) is 11.2. The summed E-state index contributed by atoms with van der Waals surface area (Å²) in [5, 5.41) is 13.0. The first kappa shape index (κ1) is 18.0. The molecule has 2 aliphatic carbocycles. The van der Waals surface area contributed by atoms with Gasteiger partial charge in [-0.1, -0.05) is 36.1 Å². The minimum atomic E-state index is -0.00803. The van der Waals surface area contributed by atoms with Gasteiger partial charge in [0.25, 0.3) is 0 Å². The molecule has 1 saturated heterocycles. The summed E-state index contributed by atoms with van der Waals surface area (Å²) in [6.07, 6.45) is 10.0. The van der Waals surface area contributed by atoms with E-state index in [1.807, 2.05) is 17.0 Å². The third-order valence-electron chi connectivity index (χ3n) is 7.11. The summed E-state index contributed by atoms with van der Waals surface area (Å²) in [4.78, 5) is 19.2. The van der Waals surface area contributed by atoms with Crippen LogP contribution in [-0.4, -0.2) is 48.5 Å². The van der Waals surface area contributed by atoms with Gasteiger partial charge < -0.3 is 9.42 Å². The van der Waals surface area contributed by atoms with Crippen molar-refractivity contribution in [3.63, 3.8) is 0 Å². The van der Waals surface area contributed by atoms with Crippen LogP contribution in [0, 0.1) is 0 Å². The molecule has 156 valence electrons. The molecule has 0 spiro atoms. The van der Waals surface area contributed by atoms with Gasteiger partial charge in [-0.15, -0.1) is 5.10 Å². The first-order valence-electron chi connectivity index (χ1n) is 11.2. The van der Waals surface area contributed by atoms with Crippen LogP contribution in [0.5, 0.6) is 0 Å². The summed E-state index contributed by atoms with van der Waals surface area (Å²) in [6, 6.07) is 6.90. The summed E-state index contributed by atoms with van der Waals surface area (Å²) < 4.78 is 7.64. The highest BCUT2D eigenvalue weighted by molar-refractivity contribution is 5.81. The lowest BCUT2D eigenvalue weighted by molar-refractivity contribution is -0.129. The van der Waals surface area contributed by atoms with Gasteiger partial charge >= 0.3 is 0 Å². The van der Waals surface area contributed by atoms with Gasteiger partial charge in [0.2, 0.25) is 17.6 Å². The average molecular weight is 406 g/mol. The van der Waals surface area contributed by atoms with Gasteiger partial charge in [-0.2, -0.15) is 4.98 Å². The zero-order valence-corrected chi connectivity index (χ0v) is 17.0. The van der Waals surface area contributed by atoms with Crippen LogP contribution < -0.4 is 0 Å². The van der Waals surface area contributed by atoms with E-state index in [9.17, 15) is 4.79 Å². The number of rotatable bonds is 4. The second-order valence-corrected chi connectivity index (χ2v) is 9.02. The Morgan fingerprint density at radius 3 is 2.57 bits per heavy atom. The third kappa shape index (κ3) is 3.00. The number of nitrogens with zero attached hydrogens (tertiary/aromatic N) is 6. The zero-order valence-electron chi connectivity index (χ0n) is 17.0. The number of amides is 1. The van der Waals surface area contributed by atoms with Gasteiger partial charge in [0.15, 0.2) is 0 Å². The molecule has 8 heteroatoms. The summed E-state index contributed by atoms with van der Waals surface area (Å²) in [5.74, 6) is 1.32. The zero-order chi connectivity index (χ0) is 20.1. The number of benzene rings is 1. The lowest BCUT2D eigenvalue weighted by Gasteiger charge is -2.23. The van der Waals surface area contributed by atoms with Crippen molar-refractivity contribution in [1.82, 2.24) is 30.0 Å². The van der Waals surface area contributed by atoms with Crippen LogP contribution in [0.4, 0.5) is 0 Å². The molecule has 2 saturated carbocycles. The first-order chi connectivity index (χ1) is 14.8. The lowest BCUT2D eigenvalue weighted by Crippen LogP contribution is -2.34. The van der Waals surface area contributed by atoms with Gasteiger partial charge in [0.1, 0.15) is 5.52 Å². The van der Waals surface area contributed by atoms with Gasteiger partial charge in [-0.3, -0.25) is 4.79 Å². The van der Waals surface area contributed by atoms with Crippen molar-refractivity contribution >= 4 is 16.9 Å². The fraction of sp³-hybridized carbons (Fsp3) is 0.591. The molecule has 3 fully saturated rings. The minimum absolute atomic E-state index is 0.00803. The Balaban J connectivity index is 1.23. The summed E-state index contributed by atoms with van der Waals surface area (Å²) in [7, 11) is 0. The van der Waals surface area contributed by atoms with Crippen LogP contribution in [0.25, 0.3) is 22.4 Å². The van der Waals surface area contributed by atoms with E-state index in [2.05, 4.69) is 31.2 Å². The quantitative estimate of drug-likeness (QED) is 0.654. The van der Waals surface area contributed by atoms with Crippen molar-refractivity contribution in [2.45, 2.75) is 75.8 Å². The molecule has 1 atom stereocenters. The largest absolute Gasteiger partial charge is 0.339 e. The monoisotopic (exact) mass is 406 g/mol. The van der Waals surface area contributed by atoms with E-state index >= 15 is 0 Å². The molecule has 3 heterocycles. The Kier molecular flexibility index (Phi) is 4.32. The van der Waals surface area contributed by atoms with Gasteiger partial charge in [0, 0.05) is 24.6 Å². The summed E-state index contributed by atoms with van der Waals surface area (Å²) in [6.45, 7) is 0.694. The number of likely N-dealkylation sites (tertiary alicyclic amines) is 1. The maximum Gasteiger partial charge on any atom is 0.232 e. The van der Waals surface area contributed by atoms with Crippen LogP contribution in [0.3, 0.4) is 0 Å². The van der Waals surface area contributed by atoms with E-state index in [-0.39, 0.29) is 11.8 Å². The maximum absolute atomic E-state index is 12.5. The molecule has 1 aliphatic heterocycles. The van der Waals surface area contributed by atoms with Crippen molar-refractivity contribution in [2.24, 2.45) is 0 Å². The fourth-order valence-electron chi connectivity index (χ4n) is 5.48. The van der Waals surface area contributed by atoms with E-state index in [0.717, 1.165) is 29.4 Å². The van der Waals surface area contributed by atoms with Crippen LogP contribution in [0.15, 0.2) is 22.7 Å². The molecule has 30 heavy (non-hydrogen) atoms. The molecule has 0 bridgehead atoms. The Bertz CT molecular complexity index is 1080. The Labute approximate surface area is 174 Å². The normalized spacial score (nSPS) is 23.4. The molecular formula is C22H26N6O2. The molecule has 1 aromatic carbocycles. The molecule has 3 aromatic rings. The van der Waals surface area contributed by atoms with Crippen molar-refractivity contribution in [3.05, 3.63) is 24.1 Å². The molecule has 1 amide bonds. The van der Waals surface area contributed by atoms with E-state index in [1.54, 1.807) is 0 Å². The minimum Gasteiger partial charge on any atom is -0.339 e. The highest BCUT2D eigenvalue weighted by Crippen LogP contribution is 2.35. The predicted octanol–water partition coefficient (Wildman–Crippen LogP) is 3.85. The van der Waals surface area contributed by atoms with Crippen LogP contribution >= 0.6 is 0 Å². The molecule has 6 rings (SSSR count). The Hall–Kier alpha value is -2.77. The standard InChI is InChI=1S/C22H26N6O2/c29-20-12-15(13-27(20)16-5-1-2-6-16)22-23-21(25-30-22)14-9-10-19-18(11-14)24-26-28(19)17-7-3-4-8-17/h9-11,15-17H,1-8,12-13H2/t15-/m1/s1. The predicted molar refractivity (Wildman–Crippen MR) is 110 cm³/mol. The SMILES string of the molecule is O=C1C[C@@H](c2nc(-c3ccc4c(c3)nnn4C3CCCC3)no2)CN1C1CCCC1. The molecule has 0 N–H and O–H groups in total. The molecule has 8 nitrogen and oxygen atoms in total. The number of aromatic nitrogens is 5. The molecule has 0 radical (unpaired) electrons. The van der Waals surface area contributed by atoms with E-state index < -0.39 is 0 Å². The van der Waals surface area contributed by atoms with Crippen molar-refractivity contribution < 1.29 is 9.32 Å². The number of hydrogen-bond acceptors (Lipinski definition) is 6. The fourth-order valence-corrected chi connectivity index (χ4v) is 5.48. The van der Waals surface area contributed by atoms with Gasteiger partial charge in [-0.05, 0) is 43.9 Å². The van der Waals surface area contributed by atoms with E-state index in [0.29, 0.717) is 36.8 Å². The number of fused-ring (bicyclic) bond motifs is 1. The second-order valence-electron chi connectivity index (χ2n) is 9.02. The molecule has 0 unspecified atom stereocenters. The number of carbonyl (C=O) groups is 1. The third-order valence-corrected chi connectivity index (χ3v) is 7.11. The average Bonchev–Trinajstić information content (AvgIpc) is 3.57. The van der Waals surface area contributed by atoms with Crippen molar-refractivity contribution in [1.29, 1.82) is 0 Å². The van der Waals surface area contributed by atoms with Crippen molar-refractivity contribution in [3.8, 4) is 11.4 Å². The van der Waals surface area contributed by atoms with Crippen LogP contribution in [0.1, 0.15) is 75.6 Å². The van der Waals surface area contributed by atoms with Crippen LogP contribution in [0.2, 0.25) is 0 Å². The maximum atomic E-state index is 12.5. The van der Waals surface area contributed by atoms with Gasteiger partial charge in [-0.25, -0.2) is 4.68 Å². The summed E-state index contributed by atoms with van der Waals surface area (Å²) in [5.41, 5.74) is 2.78. The van der Waals surface area contributed by atoms with Gasteiger partial charge in [0.05, 0.1) is 17.5 Å². The topological polar surface area (TPSA) is 89.9 Å². The molecule has 2 aromatic heterocycles. The number of hydrogen-bond donors (Lipinski definition) is 0. The smallest absolute Gasteiger partial charge is 0.232 e. The lowest BCUT2D eigenvalue weighted by atomic mass is 10.1. The highest BCUT2D eigenvalue weighted by Gasteiger charge is 2.38. The second kappa shape index (κ2) is 7.18. The molecule has 3 aliphatic rings. The van der Waals surface area contributed by atoms with Crippen molar-refractivity contribution in [2.75, 3.05) is 6.54 Å².